The Bertz CT molecular complexity index is 847. The van der Waals surface area contributed by atoms with Crippen LogP contribution in [0.5, 0.6) is 0 Å². The average molecular weight is 475 g/mol. The molecular formula is C29H46O5. The van der Waals surface area contributed by atoms with E-state index in [2.05, 4.69) is 13.8 Å². The van der Waals surface area contributed by atoms with Gasteiger partial charge in [0.05, 0.1) is 17.3 Å². The fourth-order valence-corrected chi connectivity index (χ4v) is 11.3. The van der Waals surface area contributed by atoms with Crippen molar-refractivity contribution in [1.82, 2.24) is 0 Å². The second-order valence-corrected chi connectivity index (χ2v) is 14.3. The smallest absolute Gasteiger partial charge is 0.157 e. The van der Waals surface area contributed by atoms with E-state index < -0.39 is 11.2 Å². The van der Waals surface area contributed by atoms with E-state index in [9.17, 15) is 15.3 Å². The number of aliphatic hydroxyl groups is 3. The van der Waals surface area contributed by atoms with Crippen LogP contribution in [0.15, 0.2) is 0 Å². The monoisotopic (exact) mass is 474 g/mol. The van der Waals surface area contributed by atoms with E-state index >= 15 is 0 Å². The van der Waals surface area contributed by atoms with E-state index in [4.69, 9.17) is 9.47 Å². The molecule has 0 aromatic carbocycles. The van der Waals surface area contributed by atoms with Crippen molar-refractivity contribution >= 4 is 0 Å². The summed E-state index contributed by atoms with van der Waals surface area (Å²) in [5.74, 6) is 1.75. The molecule has 9 atom stereocenters. The maximum absolute atomic E-state index is 12.2. The maximum atomic E-state index is 12.2. The minimum Gasteiger partial charge on any atom is -0.393 e. The molecule has 1 heterocycles. The van der Waals surface area contributed by atoms with Crippen molar-refractivity contribution in [2.75, 3.05) is 13.2 Å². The summed E-state index contributed by atoms with van der Waals surface area (Å²) in [6.45, 7) is 6.27. The van der Waals surface area contributed by atoms with Gasteiger partial charge < -0.3 is 24.8 Å². The van der Waals surface area contributed by atoms with Gasteiger partial charge in [-0.2, -0.15) is 0 Å². The van der Waals surface area contributed by atoms with E-state index in [1.54, 1.807) is 0 Å². The lowest BCUT2D eigenvalue weighted by atomic mass is 9.43. The molecule has 6 unspecified atom stereocenters. The molecule has 7 aliphatic rings. The summed E-state index contributed by atoms with van der Waals surface area (Å²) in [6, 6.07) is 0. The van der Waals surface area contributed by atoms with Crippen LogP contribution in [-0.2, 0) is 9.47 Å². The second kappa shape index (κ2) is 7.01. The molecule has 0 bridgehead atoms. The first-order chi connectivity index (χ1) is 16.1. The molecule has 7 fully saturated rings. The quantitative estimate of drug-likeness (QED) is 0.509. The zero-order valence-electron chi connectivity index (χ0n) is 21.4. The van der Waals surface area contributed by atoms with Gasteiger partial charge in [-0.3, -0.25) is 0 Å². The topological polar surface area (TPSA) is 79.2 Å². The molecule has 0 spiro atoms. The number of ether oxygens (including phenoxy) is 2. The molecule has 34 heavy (non-hydrogen) atoms. The summed E-state index contributed by atoms with van der Waals surface area (Å²) in [5.41, 5.74) is -1.00. The van der Waals surface area contributed by atoms with E-state index in [-0.39, 0.29) is 28.6 Å². The fraction of sp³-hybridized carbons (Fsp3) is 1.00. The van der Waals surface area contributed by atoms with Crippen molar-refractivity contribution in [2.24, 2.45) is 39.4 Å². The van der Waals surface area contributed by atoms with Crippen LogP contribution in [0.4, 0.5) is 0 Å². The zero-order valence-corrected chi connectivity index (χ0v) is 21.4. The summed E-state index contributed by atoms with van der Waals surface area (Å²) >= 11 is 0. The van der Waals surface area contributed by atoms with Crippen LogP contribution in [0.1, 0.15) is 104 Å². The minimum atomic E-state index is -0.681. The molecule has 6 aliphatic carbocycles. The third-order valence-electron chi connectivity index (χ3n) is 13.4. The summed E-state index contributed by atoms with van der Waals surface area (Å²) < 4.78 is 11.7. The van der Waals surface area contributed by atoms with Gasteiger partial charge in [-0.15, -0.1) is 0 Å². The number of hydrogen-bond acceptors (Lipinski definition) is 5. The van der Waals surface area contributed by atoms with E-state index in [1.807, 2.05) is 0 Å². The van der Waals surface area contributed by atoms with Crippen LogP contribution in [0, 0.1) is 39.4 Å². The van der Waals surface area contributed by atoms with Crippen LogP contribution >= 0.6 is 0 Å². The highest BCUT2D eigenvalue weighted by molar-refractivity contribution is 5.46. The van der Waals surface area contributed by atoms with Crippen LogP contribution in [0.25, 0.3) is 0 Å². The molecule has 192 valence electrons. The molecule has 1 saturated heterocycles. The molecule has 0 amide bonds. The molecule has 1 aliphatic heterocycles. The number of hydrogen-bond donors (Lipinski definition) is 3. The Hall–Kier alpha value is -0.200. The van der Waals surface area contributed by atoms with Gasteiger partial charge >= 0.3 is 0 Å². The number of fused-ring (bicyclic) bond motifs is 5. The second-order valence-electron chi connectivity index (χ2n) is 14.3. The van der Waals surface area contributed by atoms with Gasteiger partial charge in [0.2, 0.25) is 0 Å². The zero-order chi connectivity index (χ0) is 23.6. The normalized spacial score (nSPS) is 61.5. The summed E-state index contributed by atoms with van der Waals surface area (Å²) in [7, 11) is 0. The average Bonchev–Trinajstić information content (AvgIpc) is 3.64. The van der Waals surface area contributed by atoms with Gasteiger partial charge in [0.25, 0.3) is 0 Å². The van der Waals surface area contributed by atoms with E-state index in [0.29, 0.717) is 36.2 Å². The largest absolute Gasteiger partial charge is 0.393 e. The lowest BCUT2D eigenvalue weighted by molar-refractivity contribution is -0.234. The fourth-order valence-electron chi connectivity index (χ4n) is 11.3. The first-order valence-corrected chi connectivity index (χ1v) is 14.5. The standard InChI is InChI=1S/C29H46O5/c1-24-12-8-21-23(26-17-27(26,18-26)29(32)16-19(30)7-11-25(21,29)2)20(24)9-13-28(24,31)10-5-15-34-22-6-3-4-14-33-22/h19-23,30-32H,3-18H2,1-2H3/t19?,20?,21?,22?,23?,24-,25+,26?,27?,28-,29?/m0/s1. The van der Waals surface area contributed by atoms with Crippen molar-refractivity contribution in [3.8, 4) is 0 Å². The van der Waals surface area contributed by atoms with Gasteiger partial charge in [0.1, 0.15) is 0 Å². The van der Waals surface area contributed by atoms with Gasteiger partial charge in [0, 0.05) is 30.5 Å². The summed E-state index contributed by atoms with van der Waals surface area (Å²) in [4.78, 5) is 0. The lowest BCUT2D eigenvalue weighted by Crippen LogP contribution is -2.65. The summed E-state index contributed by atoms with van der Waals surface area (Å²) in [6.07, 6.45) is 13.6. The van der Waals surface area contributed by atoms with Crippen LogP contribution in [0.2, 0.25) is 0 Å². The first kappa shape index (κ1) is 23.0. The highest BCUT2D eigenvalue weighted by Gasteiger charge is 2.98. The molecule has 0 aromatic heterocycles. The molecule has 0 radical (unpaired) electrons. The summed E-state index contributed by atoms with van der Waals surface area (Å²) in [5, 5.41) is 34.8. The molecule has 3 N–H and O–H groups in total. The van der Waals surface area contributed by atoms with Crippen molar-refractivity contribution < 1.29 is 24.8 Å². The molecule has 6 saturated carbocycles. The number of aliphatic hydroxyl groups excluding tert-OH is 1. The first-order valence-electron chi connectivity index (χ1n) is 14.5. The van der Waals surface area contributed by atoms with Crippen molar-refractivity contribution in [1.29, 1.82) is 0 Å². The highest BCUT2D eigenvalue weighted by atomic mass is 16.7. The highest BCUT2D eigenvalue weighted by Crippen LogP contribution is 3.00. The SMILES string of the molecule is C[C@]12CCC3C(C1CC[C@@]2(O)CCCOC1CCCCO1)C12CC1(C2)C1(O)CC(O)CC[C@]31C. The predicted molar refractivity (Wildman–Crippen MR) is 128 cm³/mol. The Balaban J connectivity index is 1.10. The van der Waals surface area contributed by atoms with Gasteiger partial charge in [-0.25, -0.2) is 0 Å². The Morgan fingerprint density at radius 1 is 0.912 bits per heavy atom. The Morgan fingerprint density at radius 2 is 1.65 bits per heavy atom. The van der Waals surface area contributed by atoms with E-state index in [1.165, 1.54) is 19.3 Å². The molecule has 7 rings (SSSR count). The number of rotatable bonds is 5. The molecule has 5 nitrogen and oxygen atoms in total. The molecule has 5 heteroatoms. The van der Waals surface area contributed by atoms with Crippen molar-refractivity contribution in [2.45, 2.75) is 127 Å². The van der Waals surface area contributed by atoms with Crippen LogP contribution < -0.4 is 0 Å². The molecule has 0 aromatic rings. The third-order valence-corrected chi connectivity index (χ3v) is 13.4. The van der Waals surface area contributed by atoms with Gasteiger partial charge in [-0.1, -0.05) is 13.8 Å². The lowest BCUT2D eigenvalue weighted by Gasteiger charge is -2.64. The maximum Gasteiger partial charge on any atom is 0.157 e. The van der Waals surface area contributed by atoms with Crippen molar-refractivity contribution in [3.63, 3.8) is 0 Å². The third kappa shape index (κ3) is 2.55. The Labute approximate surface area is 205 Å². The van der Waals surface area contributed by atoms with Crippen LogP contribution in [0.3, 0.4) is 0 Å². The van der Waals surface area contributed by atoms with Crippen LogP contribution in [-0.4, -0.2) is 52.1 Å². The van der Waals surface area contributed by atoms with E-state index in [0.717, 1.165) is 70.8 Å². The van der Waals surface area contributed by atoms with Gasteiger partial charge in [0.15, 0.2) is 6.29 Å². The molecular weight excluding hydrogens is 428 g/mol. The van der Waals surface area contributed by atoms with Gasteiger partial charge in [-0.05, 0) is 112 Å². The minimum absolute atomic E-state index is 0.0266. The Kier molecular flexibility index (Phi) is 4.73. The Morgan fingerprint density at radius 3 is 2.41 bits per heavy atom. The van der Waals surface area contributed by atoms with Crippen molar-refractivity contribution in [3.05, 3.63) is 0 Å². The predicted octanol–water partition coefficient (Wildman–Crippen LogP) is 4.56.